The molecule has 1 aromatic heterocycles. The number of thioether (sulfide) groups is 1. The molecule has 0 saturated carbocycles. The number of hydrogen-bond donors (Lipinski definition) is 0. The van der Waals surface area contributed by atoms with Gasteiger partial charge in [-0.05, 0) is 67.7 Å². The summed E-state index contributed by atoms with van der Waals surface area (Å²) in [5, 5.41) is 4.71. The number of rotatable bonds is 5. The molecule has 0 bridgehead atoms. The van der Waals surface area contributed by atoms with E-state index in [9.17, 15) is 9.18 Å². The van der Waals surface area contributed by atoms with Crippen molar-refractivity contribution in [2.45, 2.75) is 16.5 Å². The largest absolute Gasteiger partial charge is 0.293 e. The molecule has 8 heteroatoms. The molecule has 0 radical (unpaired) electrons. The first-order chi connectivity index (χ1) is 11.9. The van der Waals surface area contributed by atoms with Gasteiger partial charge >= 0.3 is 0 Å². The van der Waals surface area contributed by atoms with Gasteiger partial charge in [-0.1, -0.05) is 34.7 Å². The minimum Gasteiger partial charge on any atom is -0.293 e. The molecule has 0 spiro atoms. The van der Waals surface area contributed by atoms with E-state index < -0.39 is 0 Å². The number of carbonyl (C=O) groups is 1. The highest BCUT2D eigenvalue weighted by atomic mass is 35.5. The van der Waals surface area contributed by atoms with Gasteiger partial charge in [0.25, 0.3) is 0 Å². The molecule has 0 aliphatic rings. The van der Waals surface area contributed by atoms with Gasteiger partial charge < -0.3 is 0 Å². The number of nitrogens with zero attached hydrogens (tertiary/aromatic N) is 2. The fourth-order valence-corrected chi connectivity index (χ4v) is 4.82. The molecular weight excluding hydrogens is 399 g/mol. The lowest BCUT2D eigenvalue weighted by Crippen LogP contribution is -2.13. The van der Waals surface area contributed by atoms with Gasteiger partial charge in [0, 0.05) is 10.6 Å². The molecule has 0 fully saturated rings. The standard InChI is InChI=1S/C17H12ClFN2OS3/c1-10(15(22)11-2-4-12(18)5-3-11)24-16-20-21(17(23)25-16)14-8-6-13(19)7-9-14/h2-10H,1H3/t10-/m1/s1. The zero-order valence-electron chi connectivity index (χ0n) is 13.0. The quantitative estimate of drug-likeness (QED) is 0.301. The summed E-state index contributed by atoms with van der Waals surface area (Å²) < 4.78 is 15.8. The van der Waals surface area contributed by atoms with E-state index in [1.165, 1.54) is 35.2 Å². The van der Waals surface area contributed by atoms with Crippen molar-refractivity contribution in [1.82, 2.24) is 9.78 Å². The summed E-state index contributed by atoms with van der Waals surface area (Å²) in [6, 6.07) is 12.7. The Kier molecular flexibility index (Phi) is 5.68. The average Bonchev–Trinajstić information content (AvgIpc) is 2.96. The zero-order valence-corrected chi connectivity index (χ0v) is 16.2. The number of carbonyl (C=O) groups excluding carboxylic acids is 1. The lowest BCUT2D eigenvalue weighted by molar-refractivity contribution is 0.0994. The van der Waals surface area contributed by atoms with Gasteiger partial charge in [-0.3, -0.25) is 4.79 Å². The predicted molar refractivity (Wildman–Crippen MR) is 103 cm³/mol. The summed E-state index contributed by atoms with van der Waals surface area (Å²) in [5.74, 6) is -0.321. The molecule has 3 rings (SSSR count). The number of Topliss-reactive ketones (excluding diaryl/α,β-unsaturated/α-hetero) is 1. The Morgan fingerprint density at radius 3 is 2.52 bits per heavy atom. The second-order valence-corrected chi connectivity index (χ2v) is 8.80. The minimum absolute atomic E-state index is 0.00360. The molecule has 2 aromatic carbocycles. The maximum atomic E-state index is 13.1. The topological polar surface area (TPSA) is 34.9 Å². The van der Waals surface area contributed by atoms with E-state index >= 15 is 0 Å². The van der Waals surface area contributed by atoms with E-state index in [2.05, 4.69) is 5.10 Å². The average molecular weight is 411 g/mol. The Bertz CT molecular complexity index is 951. The molecule has 3 nitrogen and oxygen atoms in total. The third-order valence-corrected chi connectivity index (χ3v) is 6.04. The first-order valence-electron chi connectivity index (χ1n) is 7.26. The highest BCUT2D eigenvalue weighted by Gasteiger charge is 2.19. The normalized spacial score (nSPS) is 12.1. The molecule has 0 aliphatic heterocycles. The van der Waals surface area contributed by atoms with Gasteiger partial charge in [-0.25, -0.2) is 9.07 Å². The van der Waals surface area contributed by atoms with Crippen molar-refractivity contribution in [1.29, 1.82) is 0 Å². The van der Waals surface area contributed by atoms with Crippen LogP contribution in [-0.2, 0) is 0 Å². The first-order valence-corrected chi connectivity index (χ1v) is 9.75. The van der Waals surface area contributed by atoms with Crippen molar-refractivity contribution >= 4 is 52.7 Å². The van der Waals surface area contributed by atoms with Gasteiger partial charge in [0.1, 0.15) is 5.82 Å². The van der Waals surface area contributed by atoms with Crippen molar-refractivity contribution in [3.63, 3.8) is 0 Å². The summed E-state index contributed by atoms with van der Waals surface area (Å²) in [4.78, 5) is 12.5. The summed E-state index contributed by atoms with van der Waals surface area (Å²) in [5.41, 5.74) is 1.29. The Morgan fingerprint density at radius 2 is 1.88 bits per heavy atom. The van der Waals surface area contributed by atoms with Crippen LogP contribution in [0.5, 0.6) is 0 Å². The third kappa shape index (κ3) is 4.36. The molecule has 0 saturated heterocycles. The van der Waals surface area contributed by atoms with E-state index in [1.807, 2.05) is 6.92 Å². The van der Waals surface area contributed by atoms with Crippen LogP contribution in [0.15, 0.2) is 52.9 Å². The van der Waals surface area contributed by atoms with Crippen molar-refractivity contribution in [2.75, 3.05) is 0 Å². The minimum atomic E-state index is -0.317. The highest BCUT2D eigenvalue weighted by molar-refractivity contribution is 8.02. The summed E-state index contributed by atoms with van der Waals surface area (Å²) >= 11 is 13.8. The third-order valence-electron chi connectivity index (χ3n) is 3.38. The number of halogens is 2. The lowest BCUT2D eigenvalue weighted by atomic mass is 10.1. The summed E-state index contributed by atoms with van der Waals surface area (Å²) in [7, 11) is 0. The van der Waals surface area contributed by atoms with Crippen molar-refractivity contribution in [3.05, 3.63) is 68.9 Å². The smallest absolute Gasteiger partial charge is 0.184 e. The van der Waals surface area contributed by atoms with Crippen molar-refractivity contribution in [3.8, 4) is 5.69 Å². The molecule has 0 unspecified atom stereocenters. The van der Waals surface area contributed by atoms with Crippen LogP contribution in [-0.4, -0.2) is 20.8 Å². The van der Waals surface area contributed by atoms with E-state index in [4.69, 9.17) is 23.8 Å². The molecule has 0 amide bonds. The van der Waals surface area contributed by atoms with Crippen molar-refractivity contribution in [2.24, 2.45) is 0 Å². The number of hydrogen-bond acceptors (Lipinski definition) is 5. The molecule has 128 valence electrons. The van der Waals surface area contributed by atoms with E-state index in [1.54, 1.807) is 41.1 Å². The monoisotopic (exact) mass is 410 g/mol. The van der Waals surface area contributed by atoms with Crippen LogP contribution in [0.4, 0.5) is 4.39 Å². The van der Waals surface area contributed by atoms with Gasteiger partial charge in [0.05, 0.1) is 10.9 Å². The number of aromatic nitrogens is 2. The van der Waals surface area contributed by atoms with Crippen LogP contribution in [0, 0.1) is 9.77 Å². The van der Waals surface area contributed by atoms with Gasteiger partial charge in [-0.15, -0.1) is 5.10 Å². The molecular formula is C17H12ClFN2OS3. The molecule has 0 N–H and O–H groups in total. The van der Waals surface area contributed by atoms with Gasteiger partial charge in [0.15, 0.2) is 14.1 Å². The maximum Gasteiger partial charge on any atom is 0.184 e. The van der Waals surface area contributed by atoms with Crippen LogP contribution >= 0.6 is 46.9 Å². The van der Waals surface area contributed by atoms with Crippen LogP contribution in [0.3, 0.4) is 0 Å². The van der Waals surface area contributed by atoms with E-state index in [0.717, 1.165) is 0 Å². The Morgan fingerprint density at radius 1 is 1.24 bits per heavy atom. The van der Waals surface area contributed by atoms with Crippen LogP contribution in [0.2, 0.25) is 5.02 Å². The van der Waals surface area contributed by atoms with Crippen LogP contribution in [0.1, 0.15) is 17.3 Å². The fourth-order valence-electron chi connectivity index (χ4n) is 2.11. The second-order valence-electron chi connectivity index (χ2n) is 5.15. The Hall–Kier alpha value is -1.54. The van der Waals surface area contributed by atoms with Gasteiger partial charge in [0.2, 0.25) is 0 Å². The summed E-state index contributed by atoms with van der Waals surface area (Å²) in [6.07, 6.45) is 0. The molecule has 1 atom stereocenters. The fraction of sp³-hybridized carbons (Fsp3) is 0.118. The molecule has 25 heavy (non-hydrogen) atoms. The van der Waals surface area contributed by atoms with E-state index in [0.29, 0.717) is 24.6 Å². The first kappa shape index (κ1) is 18.3. The Labute approximate surface area is 162 Å². The Balaban J connectivity index is 1.78. The molecule has 3 aromatic rings. The van der Waals surface area contributed by atoms with E-state index in [-0.39, 0.29) is 16.9 Å². The SMILES string of the molecule is C[C@@H](Sc1nn(-c2ccc(F)cc2)c(=S)s1)C(=O)c1ccc(Cl)cc1. The maximum absolute atomic E-state index is 13.1. The predicted octanol–water partition coefficient (Wildman–Crippen LogP) is 5.82. The molecule has 0 aliphatic carbocycles. The molecule has 1 heterocycles. The number of ketones is 1. The second kappa shape index (κ2) is 7.78. The zero-order chi connectivity index (χ0) is 18.0. The number of benzene rings is 2. The van der Waals surface area contributed by atoms with Gasteiger partial charge in [-0.2, -0.15) is 0 Å². The lowest BCUT2D eigenvalue weighted by Gasteiger charge is -2.08. The van der Waals surface area contributed by atoms with Crippen LogP contribution in [0.25, 0.3) is 5.69 Å². The van der Waals surface area contributed by atoms with Crippen LogP contribution < -0.4 is 0 Å². The highest BCUT2D eigenvalue weighted by Crippen LogP contribution is 2.29. The van der Waals surface area contributed by atoms with Crippen molar-refractivity contribution < 1.29 is 9.18 Å². The summed E-state index contributed by atoms with van der Waals surface area (Å²) in [6.45, 7) is 1.83.